The number of esters is 1. The second-order valence-corrected chi connectivity index (χ2v) is 12.6. The van der Waals surface area contributed by atoms with Crippen molar-refractivity contribution in [2.45, 2.75) is 94.5 Å². The van der Waals surface area contributed by atoms with E-state index in [1.54, 1.807) is 19.2 Å². The molecular weight excluding hydrogens is 450 g/mol. The van der Waals surface area contributed by atoms with E-state index in [0.29, 0.717) is 38.7 Å². The van der Waals surface area contributed by atoms with Crippen LogP contribution in [0.3, 0.4) is 0 Å². The number of hydrogen-bond donors (Lipinski definition) is 5. The molecule has 1 heterocycles. The van der Waals surface area contributed by atoms with Crippen molar-refractivity contribution in [1.29, 1.82) is 0 Å². The molecule has 5 N–H and O–H groups in total. The number of ether oxygens (including phenoxy) is 1. The van der Waals surface area contributed by atoms with Crippen molar-refractivity contribution in [1.82, 2.24) is 0 Å². The lowest BCUT2D eigenvalue weighted by Gasteiger charge is -2.65. The second-order valence-electron chi connectivity index (χ2n) is 12.6. The molecule has 0 bridgehead atoms. The van der Waals surface area contributed by atoms with E-state index >= 15 is 0 Å². The second kappa shape index (κ2) is 8.35. The average molecular weight is 492 g/mol. The van der Waals surface area contributed by atoms with E-state index in [9.17, 15) is 30.3 Å². The first kappa shape index (κ1) is 25.3. The molecule has 8 heteroatoms. The van der Waals surface area contributed by atoms with Gasteiger partial charge in [-0.3, -0.25) is 4.99 Å². The molecule has 0 aromatic rings. The predicted octanol–water partition coefficient (Wildman–Crippen LogP) is 1.51. The van der Waals surface area contributed by atoms with E-state index < -0.39 is 28.3 Å². The number of carbonyl (C=O) groups excluding carboxylic acids is 1. The number of nitrogens with zero attached hydrogens (tertiary/aromatic N) is 1. The number of carbonyl (C=O) groups is 1. The Bertz CT molecular complexity index is 930. The van der Waals surface area contributed by atoms with Gasteiger partial charge in [-0.25, -0.2) is 4.79 Å². The Morgan fingerprint density at radius 3 is 2.46 bits per heavy atom. The van der Waals surface area contributed by atoms with Gasteiger partial charge in [-0.2, -0.15) is 0 Å². The first-order chi connectivity index (χ1) is 16.5. The van der Waals surface area contributed by atoms with Crippen molar-refractivity contribution in [2.75, 3.05) is 19.8 Å². The van der Waals surface area contributed by atoms with Gasteiger partial charge in [0, 0.05) is 29.5 Å². The van der Waals surface area contributed by atoms with Crippen LogP contribution in [-0.4, -0.2) is 80.4 Å². The van der Waals surface area contributed by atoms with E-state index in [4.69, 9.17) is 4.74 Å². The maximum atomic E-state index is 12.4. The SMILES string of the molecule is CC(CO)(CO)N=CC12CCC(O)CC1(O)CCC1C2CCC2(C)C(C3=CC(=O)OC3)CCC12O. The topological polar surface area (TPSA) is 140 Å². The van der Waals surface area contributed by atoms with Crippen LogP contribution in [0.2, 0.25) is 0 Å². The van der Waals surface area contributed by atoms with Crippen molar-refractivity contribution >= 4 is 12.2 Å². The highest BCUT2D eigenvalue weighted by Gasteiger charge is 2.71. The van der Waals surface area contributed by atoms with E-state index in [1.807, 2.05) is 0 Å². The van der Waals surface area contributed by atoms with Crippen LogP contribution in [0.25, 0.3) is 0 Å². The Kier molecular flexibility index (Phi) is 6.04. The Morgan fingerprint density at radius 1 is 1.09 bits per heavy atom. The molecule has 35 heavy (non-hydrogen) atoms. The van der Waals surface area contributed by atoms with Gasteiger partial charge < -0.3 is 30.3 Å². The number of aliphatic hydroxyl groups excluding tert-OH is 3. The summed E-state index contributed by atoms with van der Waals surface area (Å²) in [5.74, 6) is -0.305. The van der Waals surface area contributed by atoms with Crippen molar-refractivity contribution in [2.24, 2.45) is 33.6 Å². The zero-order chi connectivity index (χ0) is 25.3. The summed E-state index contributed by atoms with van der Waals surface area (Å²) >= 11 is 0. The van der Waals surface area contributed by atoms with Gasteiger partial charge in [-0.05, 0) is 81.6 Å². The minimum Gasteiger partial charge on any atom is -0.458 e. The summed E-state index contributed by atoms with van der Waals surface area (Å²) in [4.78, 5) is 16.4. The van der Waals surface area contributed by atoms with Gasteiger partial charge in [0.2, 0.25) is 0 Å². The highest BCUT2D eigenvalue weighted by Crippen LogP contribution is 2.70. The van der Waals surface area contributed by atoms with Crippen LogP contribution in [0.4, 0.5) is 0 Å². The third-order valence-electron chi connectivity index (χ3n) is 10.9. The van der Waals surface area contributed by atoms with Crippen molar-refractivity contribution in [3.63, 3.8) is 0 Å². The summed E-state index contributed by atoms with van der Waals surface area (Å²) in [7, 11) is 0. The number of rotatable bonds is 5. The molecule has 4 aliphatic carbocycles. The van der Waals surface area contributed by atoms with Gasteiger partial charge in [0.1, 0.15) is 12.1 Å². The summed E-state index contributed by atoms with van der Waals surface area (Å²) in [5, 5.41) is 54.6. The van der Waals surface area contributed by atoms with Crippen LogP contribution in [0, 0.1) is 28.6 Å². The quantitative estimate of drug-likeness (QED) is 0.290. The molecule has 0 saturated heterocycles. The van der Waals surface area contributed by atoms with Gasteiger partial charge in [-0.15, -0.1) is 0 Å². The maximum Gasteiger partial charge on any atom is 0.331 e. The molecule has 5 aliphatic rings. The fourth-order valence-electron chi connectivity index (χ4n) is 8.76. The van der Waals surface area contributed by atoms with Crippen LogP contribution in [0.15, 0.2) is 16.6 Å². The van der Waals surface area contributed by atoms with Gasteiger partial charge in [0.05, 0.1) is 30.5 Å². The number of fused-ring (bicyclic) bond motifs is 5. The van der Waals surface area contributed by atoms with Crippen LogP contribution >= 0.6 is 0 Å². The van der Waals surface area contributed by atoms with Gasteiger partial charge in [-0.1, -0.05) is 6.92 Å². The summed E-state index contributed by atoms with van der Waals surface area (Å²) in [5.41, 5.74) is -3.31. The molecule has 5 rings (SSSR count). The lowest BCUT2D eigenvalue weighted by atomic mass is 9.41. The summed E-state index contributed by atoms with van der Waals surface area (Å²) in [6.07, 6.45) is 8.27. The summed E-state index contributed by atoms with van der Waals surface area (Å²) in [6.45, 7) is 3.52. The molecule has 0 aromatic heterocycles. The molecule has 0 aromatic carbocycles. The predicted molar refractivity (Wildman–Crippen MR) is 129 cm³/mol. The minimum atomic E-state index is -1.16. The van der Waals surface area contributed by atoms with Crippen molar-refractivity contribution < 1.29 is 35.1 Å². The fraction of sp³-hybridized carbons (Fsp3) is 0.852. The number of hydrogen-bond acceptors (Lipinski definition) is 8. The largest absolute Gasteiger partial charge is 0.458 e. The zero-order valence-electron chi connectivity index (χ0n) is 20.9. The van der Waals surface area contributed by atoms with Crippen molar-refractivity contribution in [3.8, 4) is 0 Å². The van der Waals surface area contributed by atoms with Crippen molar-refractivity contribution in [3.05, 3.63) is 11.6 Å². The van der Waals surface area contributed by atoms with Gasteiger partial charge >= 0.3 is 5.97 Å². The molecule has 8 atom stereocenters. The highest BCUT2D eigenvalue weighted by molar-refractivity contribution is 5.85. The normalized spacial score (nSPS) is 47.7. The lowest BCUT2D eigenvalue weighted by Crippen LogP contribution is -2.69. The number of aliphatic hydroxyl groups is 5. The first-order valence-corrected chi connectivity index (χ1v) is 13.2. The third-order valence-corrected chi connectivity index (χ3v) is 10.9. The molecule has 196 valence electrons. The van der Waals surface area contributed by atoms with E-state index in [1.165, 1.54) is 0 Å². The van der Waals surface area contributed by atoms with Crippen LogP contribution in [-0.2, 0) is 9.53 Å². The maximum absolute atomic E-state index is 12.4. The Morgan fingerprint density at radius 2 is 1.80 bits per heavy atom. The molecule has 4 saturated carbocycles. The summed E-state index contributed by atoms with van der Waals surface area (Å²) < 4.78 is 5.21. The highest BCUT2D eigenvalue weighted by atomic mass is 16.5. The fourth-order valence-corrected chi connectivity index (χ4v) is 8.76. The van der Waals surface area contributed by atoms with Crippen LogP contribution < -0.4 is 0 Å². The molecule has 8 unspecified atom stereocenters. The van der Waals surface area contributed by atoms with Crippen LogP contribution in [0.1, 0.15) is 71.6 Å². The molecule has 0 amide bonds. The van der Waals surface area contributed by atoms with Gasteiger partial charge in [0.15, 0.2) is 0 Å². The monoisotopic (exact) mass is 491 g/mol. The minimum absolute atomic E-state index is 0.0357. The first-order valence-electron chi connectivity index (χ1n) is 13.2. The lowest BCUT2D eigenvalue weighted by molar-refractivity contribution is -0.237. The smallest absolute Gasteiger partial charge is 0.331 e. The molecule has 0 radical (unpaired) electrons. The Hall–Kier alpha value is -1.32. The molecule has 1 aliphatic heterocycles. The Labute approximate surface area is 207 Å². The van der Waals surface area contributed by atoms with Crippen LogP contribution in [0.5, 0.6) is 0 Å². The molecule has 4 fully saturated rings. The summed E-state index contributed by atoms with van der Waals surface area (Å²) in [6, 6.07) is 0. The zero-order valence-corrected chi connectivity index (χ0v) is 20.9. The Balaban J connectivity index is 1.54. The molecular formula is C27H41NO7. The van der Waals surface area contributed by atoms with E-state index in [2.05, 4.69) is 11.9 Å². The standard InChI is InChI=1S/C27H41NO7/c1-23(15-29,16-30)28-14-25-8-3-18(31)12-26(25,33)9-5-21-20(25)4-7-24(2)19(6-10-27(21,24)34)17-11-22(32)35-13-17/h11,14,18-21,29-31,33-34H,3-10,12-13,15-16H2,1-2H3. The number of cyclic esters (lactones) is 1. The third kappa shape index (κ3) is 3.51. The average Bonchev–Trinajstić information content (AvgIpc) is 3.37. The molecule has 8 nitrogen and oxygen atoms in total. The van der Waals surface area contributed by atoms with E-state index in [-0.39, 0.29) is 48.8 Å². The van der Waals surface area contributed by atoms with Gasteiger partial charge in [0.25, 0.3) is 0 Å². The number of aliphatic imine (C=N–C) groups is 1. The van der Waals surface area contributed by atoms with E-state index in [0.717, 1.165) is 24.8 Å². The molecule has 0 spiro atoms.